The first-order valence-electron chi connectivity index (χ1n) is 4.26. The number of rotatable bonds is 4. The molecule has 0 aromatic heterocycles. The second-order valence-corrected chi connectivity index (χ2v) is 4.45. The van der Waals surface area contributed by atoms with Gasteiger partial charge in [-0.2, -0.15) is 17.2 Å². The van der Waals surface area contributed by atoms with Crippen LogP contribution in [0.5, 0.6) is 5.75 Å². The lowest BCUT2D eigenvalue weighted by Crippen LogP contribution is -2.41. The van der Waals surface area contributed by atoms with E-state index in [2.05, 4.69) is 8.92 Å². The molecule has 0 unspecified atom stereocenters. The van der Waals surface area contributed by atoms with E-state index in [-0.39, 0.29) is 5.75 Å². The smallest absolute Gasteiger partial charge is 0.464 e. The number of carbonyl (C=O) groups is 1. The van der Waals surface area contributed by atoms with Crippen LogP contribution < -0.4 is 4.18 Å². The molecule has 94 valence electrons. The highest BCUT2D eigenvalue weighted by molar-refractivity contribution is 7.89. The lowest BCUT2D eigenvalue weighted by Gasteiger charge is -2.14. The second kappa shape index (κ2) is 4.66. The number of hydrogen-bond acceptors (Lipinski definition) is 5. The maximum atomic E-state index is 13.1. The summed E-state index contributed by atoms with van der Waals surface area (Å²) in [6.07, 6.45) is 0. The number of ether oxygens (including phenoxy) is 1. The topological polar surface area (TPSA) is 69.7 Å². The van der Waals surface area contributed by atoms with Gasteiger partial charge < -0.3 is 8.92 Å². The third kappa shape index (κ3) is 2.70. The summed E-state index contributed by atoms with van der Waals surface area (Å²) in [4.78, 5) is 10.6. The molecule has 0 aliphatic heterocycles. The van der Waals surface area contributed by atoms with Gasteiger partial charge in [0.25, 0.3) is 0 Å². The number of carbonyl (C=O) groups excluding carboxylic acids is 1. The van der Waals surface area contributed by atoms with E-state index in [0.29, 0.717) is 7.11 Å². The monoisotopic (exact) mass is 266 g/mol. The molecule has 0 spiro atoms. The molecule has 0 bridgehead atoms. The molecule has 1 aromatic carbocycles. The Kier molecular flexibility index (Phi) is 3.66. The van der Waals surface area contributed by atoms with Crippen LogP contribution in [0.25, 0.3) is 0 Å². The highest BCUT2D eigenvalue weighted by Gasteiger charge is 2.56. The quantitative estimate of drug-likeness (QED) is 0.604. The normalized spacial score (nSPS) is 11.9. The summed E-state index contributed by atoms with van der Waals surface area (Å²) in [5, 5.41) is -4.75. The zero-order valence-electron chi connectivity index (χ0n) is 8.59. The summed E-state index contributed by atoms with van der Waals surface area (Å²) in [7, 11) is -4.78. The molecule has 0 aliphatic carbocycles. The molecular formula is C9H8F2O5S. The van der Waals surface area contributed by atoms with Gasteiger partial charge in [0.05, 0.1) is 7.11 Å². The Bertz CT molecular complexity index is 497. The Morgan fingerprint density at radius 1 is 1.24 bits per heavy atom. The van der Waals surface area contributed by atoms with Crippen molar-refractivity contribution in [1.29, 1.82) is 0 Å². The fourth-order valence-corrected chi connectivity index (χ4v) is 1.63. The maximum absolute atomic E-state index is 13.1. The summed E-state index contributed by atoms with van der Waals surface area (Å²) < 4.78 is 56.3. The Balaban J connectivity index is 3.01. The molecule has 0 N–H and O–H groups in total. The van der Waals surface area contributed by atoms with Crippen molar-refractivity contribution in [2.45, 2.75) is 5.25 Å². The van der Waals surface area contributed by atoms with Gasteiger partial charge in [-0.25, -0.2) is 4.79 Å². The average molecular weight is 266 g/mol. The Morgan fingerprint density at radius 3 is 2.24 bits per heavy atom. The molecule has 0 atom stereocenters. The molecule has 1 aromatic rings. The number of halogens is 2. The van der Waals surface area contributed by atoms with E-state index >= 15 is 0 Å². The molecule has 8 heteroatoms. The van der Waals surface area contributed by atoms with Crippen LogP contribution in [0.15, 0.2) is 30.3 Å². The lowest BCUT2D eigenvalue weighted by atomic mass is 10.3. The third-order valence-corrected chi connectivity index (χ3v) is 2.89. The Labute approximate surface area is 96.1 Å². The minimum absolute atomic E-state index is 0.323. The van der Waals surface area contributed by atoms with Crippen molar-refractivity contribution in [3.8, 4) is 5.75 Å². The molecule has 17 heavy (non-hydrogen) atoms. The predicted octanol–water partition coefficient (Wildman–Crippen LogP) is 1.16. The zero-order chi connectivity index (χ0) is 13.1. The molecule has 0 saturated carbocycles. The number of benzene rings is 1. The van der Waals surface area contributed by atoms with Crippen molar-refractivity contribution in [3.63, 3.8) is 0 Å². The van der Waals surface area contributed by atoms with Crippen LogP contribution in [-0.4, -0.2) is 26.8 Å². The zero-order valence-corrected chi connectivity index (χ0v) is 9.41. The molecule has 0 heterocycles. The maximum Gasteiger partial charge on any atom is 0.476 e. The van der Waals surface area contributed by atoms with Gasteiger partial charge in [-0.1, -0.05) is 18.2 Å². The summed E-state index contributed by atoms with van der Waals surface area (Å²) in [5.41, 5.74) is 0. The minimum atomic E-state index is -5.43. The van der Waals surface area contributed by atoms with E-state index in [0.717, 1.165) is 12.1 Å². The highest BCUT2D eigenvalue weighted by atomic mass is 32.2. The first-order valence-corrected chi connectivity index (χ1v) is 5.67. The molecule has 0 amide bonds. The van der Waals surface area contributed by atoms with Crippen LogP contribution in [0.1, 0.15) is 0 Å². The molecule has 0 aliphatic rings. The lowest BCUT2D eigenvalue weighted by molar-refractivity contribution is -0.158. The van der Waals surface area contributed by atoms with E-state index in [1.165, 1.54) is 18.2 Å². The van der Waals surface area contributed by atoms with Crippen molar-refractivity contribution in [1.82, 2.24) is 0 Å². The number of para-hydroxylation sites is 1. The van der Waals surface area contributed by atoms with Crippen molar-refractivity contribution < 1.29 is 30.9 Å². The van der Waals surface area contributed by atoms with E-state index in [9.17, 15) is 22.0 Å². The molecule has 0 saturated heterocycles. The van der Waals surface area contributed by atoms with Crippen LogP contribution in [0.3, 0.4) is 0 Å². The number of methoxy groups -OCH3 is 1. The standard InChI is InChI=1S/C9H8F2O5S/c1-15-8(12)9(10,11)17(13,14)16-7-5-3-2-4-6-7/h2-6H,1H3. The van der Waals surface area contributed by atoms with Crippen molar-refractivity contribution in [3.05, 3.63) is 30.3 Å². The van der Waals surface area contributed by atoms with E-state index in [4.69, 9.17) is 0 Å². The molecular weight excluding hydrogens is 258 g/mol. The van der Waals surface area contributed by atoms with Gasteiger partial charge in [0.15, 0.2) is 0 Å². The number of hydrogen-bond donors (Lipinski definition) is 0. The van der Waals surface area contributed by atoms with Crippen molar-refractivity contribution >= 4 is 16.1 Å². The van der Waals surface area contributed by atoms with Crippen LogP contribution in [0.4, 0.5) is 8.78 Å². The van der Waals surface area contributed by atoms with Gasteiger partial charge in [-0.15, -0.1) is 0 Å². The number of alkyl halides is 2. The first kappa shape index (κ1) is 13.4. The molecule has 0 fully saturated rings. The Hall–Kier alpha value is -1.70. The molecule has 1 rings (SSSR count). The van der Waals surface area contributed by atoms with Gasteiger partial charge in [-0.3, -0.25) is 0 Å². The first-order chi connectivity index (χ1) is 7.81. The van der Waals surface area contributed by atoms with Gasteiger partial charge in [-0.05, 0) is 12.1 Å². The van der Waals surface area contributed by atoms with Gasteiger partial charge >= 0.3 is 21.3 Å². The fraction of sp³-hybridized carbons (Fsp3) is 0.222. The Morgan fingerprint density at radius 2 is 1.76 bits per heavy atom. The van der Waals surface area contributed by atoms with Crippen LogP contribution in [0, 0.1) is 0 Å². The van der Waals surface area contributed by atoms with Crippen molar-refractivity contribution in [2.75, 3.05) is 7.11 Å². The minimum Gasteiger partial charge on any atom is -0.464 e. The van der Waals surface area contributed by atoms with Gasteiger partial charge in [0.1, 0.15) is 5.75 Å². The summed E-state index contributed by atoms with van der Waals surface area (Å²) in [5.74, 6) is -2.52. The van der Waals surface area contributed by atoms with E-state index in [1.54, 1.807) is 0 Å². The predicted molar refractivity (Wildman–Crippen MR) is 53.0 cm³/mol. The second-order valence-electron chi connectivity index (χ2n) is 2.86. The average Bonchev–Trinajstić information content (AvgIpc) is 2.28. The van der Waals surface area contributed by atoms with Crippen LogP contribution >= 0.6 is 0 Å². The fourth-order valence-electron chi connectivity index (χ4n) is 0.876. The molecule has 0 radical (unpaired) electrons. The highest BCUT2D eigenvalue weighted by Crippen LogP contribution is 2.26. The summed E-state index contributed by atoms with van der Waals surface area (Å²) in [6.45, 7) is 0. The van der Waals surface area contributed by atoms with Gasteiger partial charge in [0.2, 0.25) is 0 Å². The van der Waals surface area contributed by atoms with Crippen LogP contribution in [0.2, 0.25) is 0 Å². The number of esters is 1. The van der Waals surface area contributed by atoms with Crippen molar-refractivity contribution in [2.24, 2.45) is 0 Å². The van der Waals surface area contributed by atoms with E-state index in [1.807, 2.05) is 0 Å². The summed E-state index contributed by atoms with van der Waals surface area (Å²) in [6, 6.07) is 6.63. The largest absolute Gasteiger partial charge is 0.476 e. The SMILES string of the molecule is COC(=O)C(F)(F)S(=O)(=O)Oc1ccccc1. The van der Waals surface area contributed by atoms with Crippen LogP contribution in [-0.2, 0) is 19.6 Å². The van der Waals surface area contributed by atoms with E-state index < -0.39 is 21.3 Å². The molecule has 5 nitrogen and oxygen atoms in total. The third-order valence-electron chi connectivity index (χ3n) is 1.69. The van der Waals surface area contributed by atoms with Gasteiger partial charge in [0, 0.05) is 0 Å². The summed E-state index contributed by atoms with van der Waals surface area (Å²) >= 11 is 0.